The summed E-state index contributed by atoms with van der Waals surface area (Å²) in [5.74, 6) is 1.39. The molecule has 0 unspecified atom stereocenters. The molecule has 1 aliphatic rings. The van der Waals surface area contributed by atoms with Crippen molar-refractivity contribution in [2.75, 3.05) is 7.11 Å². The molecule has 0 aliphatic heterocycles. The smallest absolute Gasteiger partial charge is 0.120 e. The molecule has 2 rings (SSSR count). The zero-order valence-corrected chi connectivity index (χ0v) is 10.3. The largest absolute Gasteiger partial charge is 0.497 e. The monoisotopic (exact) mass is 239 g/mol. The number of nitrogens with two attached hydrogens (primary N) is 1. The number of rotatable bonds is 2. The van der Waals surface area contributed by atoms with Crippen LogP contribution >= 0.6 is 11.6 Å². The Kier molecular flexibility index (Phi) is 3.72. The van der Waals surface area contributed by atoms with Crippen molar-refractivity contribution in [1.29, 1.82) is 0 Å². The van der Waals surface area contributed by atoms with Gasteiger partial charge >= 0.3 is 0 Å². The summed E-state index contributed by atoms with van der Waals surface area (Å²) in [4.78, 5) is 0. The molecule has 0 saturated heterocycles. The van der Waals surface area contributed by atoms with Crippen molar-refractivity contribution in [3.8, 4) is 5.75 Å². The highest BCUT2D eigenvalue weighted by Gasteiger charge is 2.21. The molecular formula is C13H18ClNO. The molecule has 3 heteroatoms. The molecule has 0 atom stereocenters. The van der Waals surface area contributed by atoms with Gasteiger partial charge in [-0.05, 0) is 49.3 Å². The Morgan fingerprint density at radius 1 is 1.25 bits per heavy atom. The minimum Gasteiger partial charge on any atom is -0.497 e. The SMILES string of the molecule is COc1ccc(C2CCC(N)CC2)c(Cl)c1. The van der Waals surface area contributed by atoms with Gasteiger partial charge in [-0.2, -0.15) is 0 Å². The summed E-state index contributed by atoms with van der Waals surface area (Å²) >= 11 is 6.27. The molecule has 0 radical (unpaired) electrons. The lowest BCUT2D eigenvalue weighted by Gasteiger charge is -2.27. The van der Waals surface area contributed by atoms with E-state index in [1.807, 2.05) is 12.1 Å². The minimum absolute atomic E-state index is 0.383. The minimum atomic E-state index is 0.383. The normalized spacial score (nSPS) is 25.4. The van der Waals surface area contributed by atoms with Crippen LogP contribution in [0.5, 0.6) is 5.75 Å². The predicted octanol–water partition coefficient (Wildman–Crippen LogP) is 3.33. The molecule has 0 spiro atoms. The van der Waals surface area contributed by atoms with Gasteiger partial charge in [0.2, 0.25) is 0 Å². The second-order valence-corrected chi connectivity index (χ2v) is 4.91. The van der Waals surface area contributed by atoms with Crippen LogP contribution in [-0.4, -0.2) is 13.2 Å². The highest BCUT2D eigenvalue weighted by Crippen LogP contribution is 2.37. The van der Waals surface area contributed by atoms with Crippen LogP contribution in [0.1, 0.15) is 37.2 Å². The maximum absolute atomic E-state index is 6.27. The lowest BCUT2D eigenvalue weighted by atomic mass is 9.82. The Hall–Kier alpha value is -0.730. The summed E-state index contributed by atoms with van der Waals surface area (Å²) in [5, 5.41) is 0.819. The maximum Gasteiger partial charge on any atom is 0.120 e. The zero-order chi connectivity index (χ0) is 11.5. The summed E-state index contributed by atoms with van der Waals surface area (Å²) in [5.41, 5.74) is 7.15. The van der Waals surface area contributed by atoms with Gasteiger partial charge in [-0.3, -0.25) is 0 Å². The molecule has 1 aromatic carbocycles. The van der Waals surface area contributed by atoms with E-state index in [-0.39, 0.29) is 0 Å². The third-order valence-electron chi connectivity index (χ3n) is 3.42. The van der Waals surface area contributed by atoms with E-state index < -0.39 is 0 Å². The molecule has 1 saturated carbocycles. The number of hydrogen-bond donors (Lipinski definition) is 1. The first-order valence-corrected chi connectivity index (χ1v) is 6.17. The summed E-state index contributed by atoms with van der Waals surface area (Å²) in [6.07, 6.45) is 4.50. The van der Waals surface area contributed by atoms with Crippen LogP contribution in [0.4, 0.5) is 0 Å². The molecule has 88 valence electrons. The van der Waals surface area contributed by atoms with Gasteiger partial charge in [-0.15, -0.1) is 0 Å². The van der Waals surface area contributed by atoms with Gasteiger partial charge in [0.1, 0.15) is 5.75 Å². The van der Waals surface area contributed by atoms with Crippen molar-refractivity contribution >= 4 is 11.6 Å². The van der Waals surface area contributed by atoms with Crippen molar-refractivity contribution in [1.82, 2.24) is 0 Å². The standard InChI is InChI=1S/C13H18ClNO/c1-16-11-6-7-12(13(14)8-11)9-2-4-10(15)5-3-9/h6-10H,2-5,15H2,1H3. The molecule has 2 N–H and O–H groups in total. The highest BCUT2D eigenvalue weighted by molar-refractivity contribution is 6.31. The van der Waals surface area contributed by atoms with E-state index in [1.165, 1.54) is 5.56 Å². The van der Waals surface area contributed by atoms with Gasteiger partial charge in [0.25, 0.3) is 0 Å². The molecule has 1 aliphatic carbocycles. The lowest BCUT2D eigenvalue weighted by Crippen LogP contribution is -2.25. The number of halogens is 1. The second kappa shape index (κ2) is 5.07. The van der Waals surface area contributed by atoms with Crippen LogP contribution in [0, 0.1) is 0 Å². The van der Waals surface area contributed by atoms with Crippen molar-refractivity contribution in [3.05, 3.63) is 28.8 Å². The fourth-order valence-corrected chi connectivity index (χ4v) is 2.72. The topological polar surface area (TPSA) is 35.2 Å². The van der Waals surface area contributed by atoms with E-state index >= 15 is 0 Å². The van der Waals surface area contributed by atoms with Crippen molar-refractivity contribution in [2.45, 2.75) is 37.6 Å². The van der Waals surface area contributed by atoms with Crippen LogP contribution in [0.25, 0.3) is 0 Å². The van der Waals surface area contributed by atoms with E-state index in [4.69, 9.17) is 22.1 Å². The van der Waals surface area contributed by atoms with E-state index in [9.17, 15) is 0 Å². The first-order valence-electron chi connectivity index (χ1n) is 5.79. The Bertz CT molecular complexity index is 359. The van der Waals surface area contributed by atoms with E-state index in [0.717, 1.165) is 36.5 Å². The summed E-state index contributed by atoms with van der Waals surface area (Å²) in [7, 11) is 1.66. The van der Waals surface area contributed by atoms with Gasteiger partial charge in [0.05, 0.1) is 7.11 Å². The third-order valence-corrected chi connectivity index (χ3v) is 3.75. The Morgan fingerprint density at radius 3 is 2.50 bits per heavy atom. The average molecular weight is 240 g/mol. The number of methoxy groups -OCH3 is 1. The second-order valence-electron chi connectivity index (χ2n) is 4.50. The van der Waals surface area contributed by atoms with Crippen molar-refractivity contribution in [3.63, 3.8) is 0 Å². The molecule has 0 amide bonds. The zero-order valence-electron chi connectivity index (χ0n) is 9.58. The molecule has 1 aromatic rings. The molecular weight excluding hydrogens is 222 g/mol. The number of ether oxygens (including phenoxy) is 1. The van der Waals surface area contributed by atoms with Crippen molar-refractivity contribution < 1.29 is 4.74 Å². The Balaban J connectivity index is 2.14. The van der Waals surface area contributed by atoms with Crippen LogP contribution in [0.3, 0.4) is 0 Å². The predicted molar refractivity (Wildman–Crippen MR) is 67.2 cm³/mol. The van der Waals surface area contributed by atoms with Crippen LogP contribution < -0.4 is 10.5 Å². The molecule has 0 heterocycles. The van der Waals surface area contributed by atoms with Gasteiger partial charge in [-0.25, -0.2) is 0 Å². The third kappa shape index (κ3) is 2.50. The summed E-state index contributed by atoms with van der Waals surface area (Å²) in [6, 6.07) is 6.34. The van der Waals surface area contributed by atoms with Gasteiger partial charge in [0, 0.05) is 11.1 Å². The van der Waals surface area contributed by atoms with Crippen LogP contribution in [0.15, 0.2) is 18.2 Å². The average Bonchev–Trinajstić information content (AvgIpc) is 2.30. The highest BCUT2D eigenvalue weighted by atomic mass is 35.5. The van der Waals surface area contributed by atoms with Gasteiger partial charge in [-0.1, -0.05) is 17.7 Å². The number of benzene rings is 1. The Labute approximate surface area is 102 Å². The fraction of sp³-hybridized carbons (Fsp3) is 0.538. The molecule has 1 fully saturated rings. The first-order chi connectivity index (χ1) is 7.70. The van der Waals surface area contributed by atoms with Gasteiger partial charge < -0.3 is 10.5 Å². The number of hydrogen-bond acceptors (Lipinski definition) is 2. The molecule has 2 nitrogen and oxygen atoms in total. The van der Waals surface area contributed by atoms with E-state index in [2.05, 4.69) is 6.07 Å². The summed E-state index contributed by atoms with van der Waals surface area (Å²) < 4.78 is 5.15. The van der Waals surface area contributed by atoms with Crippen LogP contribution in [-0.2, 0) is 0 Å². The summed E-state index contributed by atoms with van der Waals surface area (Å²) in [6.45, 7) is 0. The lowest BCUT2D eigenvalue weighted by molar-refractivity contribution is 0.394. The van der Waals surface area contributed by atoms with E-state index in [0.29, 0.717) is 12.0 Å². The van der Waals surface area contributed by atoms with Crippen molar-refractivity contribution in [2.24, 2.45) is 5.73 Å². The fourth-order valence-electron chi connectivity index (χ4n) is 2.40. The van der Waals surface area contributed by atoms with Gasteiger partial charge in [0.15, 0.2) is 0 Å². The van der Waals surface area contributed by atoms with E-state index in [1.54, 1.807) is 7.11 Å². The quantitative estimate of drug-likeness (QED) is 0.859. The first kappa shape index (κ1) is 11.7. The Morgan fingerprint density at radius 2 is 1.94 bits per heavy atom. The van der Waals surface area contributed by atoms with Crippen LogP contribution in [0.2, 0.25) is 5.02 Å². The molecule has 16 heavy (non-hydrogen) atoms. The molecule has 0 aromatic heterocycles. The molecule has 0 bridgehead atoms. The maximum atomic E-state index is 6.27.